The number of aromatic hydroxyl groups is 2. The molecular formula is C42H56O4. The summed E-state index contributed by atoms with van der Waals surface area (Å²) in [6, 6.07) is 14.6. The van der Waals surface area contributed by atoms with Crippen LogP contribution in [0.1, 0.15) is 134 Å². The van der Waals surface area contributed by atoms with Crippen molar-refractivity contribution in [1.29, 1.82) is 0 Å². The standard InChI is InChI=1S/C21H30O2.C21H26O2/c1-5-6-7-8-13-11-15(22)17-16(12-13)23-21(4)10-9-14-18(21)19(17)20(14,2)3;1-5-6-7-8-15-12-18(22)20-16-11-14(2)9-10-17(16)21(3,4)23-19(20)13-15/h11-12,14,18-19,22H,5-10H2,1-4H3;9-13,22H,5-8H2,1-4H3. The molecule has 4 unspecified atom stereocenters. The van der Waals surface area contributed by atoms with Crippen molar-refractivity contribution in [2.75, 3.05) is 0 Å². The van der Waals surface area contributed by atoms with Gasteiger partial charge in [-0.05, 0) is 119 Å². The second-order valence-electron chi connectivity index (χ2n) is 16.0. The molecule has 2 aliphatic heterocycles. The van der Waals surface area contributed by atoms with E-state index in [4.69, 9.17) is 9.47 Å². The highest BCUT2D eigenvalue weighted by Crippen LogP contribution is 2.74. The van der Waals surface area contributed by atoms with Gasteiger partial charge in [0.2, 0.25) is 0 Å². The van der Waals surface area contributed by atoms with Crippen LogP contribution in [0.5, 0.6) is 23.0 Å². The average Bonchev–Trinajstić information content (AvgIpc) is 3.32. The number of phenols is 2. The number of hydrogen-bond acceptors (Lipinski definition) is 4. The quantitative estimate of drug-likeness (QED) is 0.245. The molecule has 0 radical (unpaired) electrons. The maximum absolute atomic E-state index is 10.7. The predicted molar refractivity (Wildman–Crippen MR) is 188 cm³/mol. The van der Waals surface area contributed by atoms with Crippen LogP contribution < -0.4 is 9.47 Å². The smallest absolute Gasteiger partial charge is 0.132 e. The topological polar surface area (TPSA) is 58.9 Å². The van der Waals surface area contributed by atoms with E-state index >= 15 is 0 Å². The van der Waals surface area contributed by atoms with Gasteiger partial charge in [-0.3, -0.25) is 0 Å². The summed E-state index contributed by atoms with van der Waals surface area (Å²) >= 11 is 0. The van der Waals surface area contributed by atoms with E-state index < -0.39 is 0 Å². The number of ether oxygens (including phenoxy) is 2. The molecule has 0 amide bonds. The first-order chi connectivity index (χ1) is 21.8. The maximum atomic E-state index is 10.7. The number of aryl methyl sites for hydroxylation is 3. The van der Waals surface area contributed by atoms with Crippen molar-refractivity contribution in [2.45, 2.75) is 137 Å². The van der Waals surface area contributed by atoms with Gasteiger partial charge in [0.1, 0.15) is 34.2 Å². The first-order valence-corrected chi connectivity index (χ1v) is 18.0. The molecule has 248 valence electrons. The SMILES string of the molecule is CCCCCc1cc(O)c2c(c1)OC(C)(C)c1ccc(C)cc1-2.CCCCCc1cc(O)c2c(c1)OC1(C)CCC3C1C2C3(C)C. The molecule has 4 heteroatoms. The molecule has 4 aliphatic rings. The van der Waals surface area contributed by atoms with Gasteiger partial charge < -0.3 is 19.7 Å². The number of fused-ring (bicyclic) bond motifs is 5. The van der Waals surface area contributed by atoms with Gasteiger partial charge in [0.05, 0.1) is 5.56 Å². The fourth-order valence-electron chi connectivity index (χ4n) is 9.37. The van der Waals surface area contributed by atoms with Crippen molar-refractivity contribution in [1.82, 2.24) is 0 Å². The Bertz CT molecular complexity index is 1600. The third kappa shape index (κ3) is 5.58. The molecule has 2 aliphatic carbocycles. The van der Waals surface area contributed by atoms with Crippen LogP contribution in [0.15, 0.2) is 42.5 Å². The lowest BCUT2D eigenvalue weighted by atomic mass is 9.45. The van der Waals surface area contributed by atoms with Gasteiger partial charge in [-0.2, -0.15) is 0 Å². The van der Waals surface area contributed by atoms with Gasteiger partial charge in [-0.15, -0.1) is 0 Å². The Morgan fingerprint density at radius 2 is 1.39 bits per heavy atom. The van der Waals surface area contributed by atoms with Crippen LogP contribution in [0, 0.1) is 24.2 Å². The summed E-state index contributed by atoms with van der Waals surface area (Å²) in [5.41, 5.74) is 7.60. The zero-order chi connectivity index (χ0) is 33.0. The molecule has 4 atom stereocenters. The van der Waals surface area contributed by atoms with E-state index in [0.717, 1.165) is 70.9 Å². The Kier molecular flexibility index (Phi) is 8.66. The maximum Gasteiger partial charge on any atom is 0.132 e. The molecule has 46 heavy (non-hydrogen) atoms. The fraction of sp³-hybridized carbons (Fsp3) is 0.571. The van der Waals surface area contributed by atoms with Gasteiger partial charge in [-0.25, -0.2) is 0 Å². The molecule has 0 bridgehead atoms. The normalized spacial score (nSPS) is 25.3. The lowest BCUT2D eigenvalue weighted by Crippen LogP contribution is -2.59. The molecule has 0 saturated heterocycles. The van der Waals surface area contributed by atoms with E-state index in [9.17, 15) is 10.2 Å². The van der Waals surface area contributed by atoms with E-state index in [1.54, 1.807) is 0 Å². The fourth-order valence-corrected chi connectivity index (χ4v) is 9.37. The van der Waals surface area contributed by atoms with Crippen molar-refractivity contribution in [2.24, 2.45) is 17.3 Å². The largest absolute Gasteiger partial charge is 0.508 e. The second-order valence-corrected chi connectivity index (χ2v) is 16.0. The highest BCUT2D eigenvalue weighted by Gasteiger charge is 2.69. The Hall–Kier alpha value is -3.14. The monoisotopic (exact) mass is 624 g/mol. The molecule has 3 aromatic carbocycles. The van der Waals surface area contributed by atoms with Crippen LogP contribution in [0.25, 0.3) is 11.1 Å². The van der Waals surface area contributed by atoms with Crippen molar-refractivity contribution in [3.05, 3.63) is 70.3 Å². The summed E-state index contributed by atoms with van der Waals surface area (Å²) < 4.78 is 12.8. The molecule has 0 spiro atoms. The predicted octanol–water partition coefficient (Wildman–Crippen LogP) is 11.2. The van der Waals surface area contributed by atoms with Crippen LogP contribution in [0.4, 0.5) is 0 Å². The molecular weight excluding hydrogens is 568 g/mol. The molecule has 0 aromatic heterocycles. The van der Waals surface area contributed by atoms with Crippen LogP contribution >= 0.6 is 0 Å². The lowest BCUT2D eigenvalue weighted by molar-refractivity contribution is -0.121. The molecule has 2 saturated carbocycles. The number of phenolic OH excluding ortho intramolecular Hbond substituents is 2. The van der Waals surface area contributed by atoms with E-state index in [2.05, 4.69) is 85.7 Å². The first-order valence-electron chi connectivity index (χ1n) is 18.0. The number of hydrogen-bond donors (Lipinski definition) is 2. The Labute approximate surface area is 277 Å². The van der Waals surface area contributed by atoms with Gasteiger partial charge in [0, 0.05) is 23.0 Å². The number of rotatable bonds is 8. The van der Waals surface area contributed by atoms with Crippen LogP contribution in [-0.2, 0) is 18.4 Å². The molecule has 2 N–H and O–H groups in total. The minimum atomic E-state index is -0.384. The Morgan fingerprint density at radius 3 is 2.04 bits per heavy atom. The van der Waals surface area contributed by atoms with Gasteiger partial charge >= 0.3 is 0 Å². The minimum absolute atomic E-state index is 0.0215. The molecule has 2 fully saturated rings. The molecule has 7 rings (SSSR count). The van der Waals surface area contributed by atoms with Crippen LogP contribution in [-0.4, -0.2) is 15.8 Å². The second kappa shape index (κ2) is 12.1. The summed E-state index contributed by atoms with van der Waals surface area (Å²) in [6.45, 7) is 17.7. The van der Waals surface area contributed by atoms with E-state index in [-0.39, 0.29) is 16.6 Å². The summed E-state index contributed by atoms with van der Waals surface area (Å²) in [5.74, 6) is 4.36. The third-order valence-electron chi connectivity index (χ3n) is 11.8. The van der Waals surface area contributed by atoms with Gasteiger partial charge in [-0.1, -0.05) is 77.1 Å². The third-order valence-corrected chi connectivity index (χ3v) is 11.8. The van der Waals surface area contributed by atoms with Gasteiger partial charge in [0.15, 0.2) is 0 Å². The zero-order valence-corrected chi connectivity index (χ0v) is 29.6. The lowest BCUT2D eigenvalue weighted by Gasteiger charge is -2.62. The average molecular weight is 625 g/mol. The van der Waals surface area contributed by atoms with Crippen molar-refractivity contribution in [3.63, 3.8) is 0 Å². The van der Waals surface area contributed by atoms with Crippen molar-refractivity contribution < 1.29 is 19.7 Å². The van der Waals surface area contributed by atoms with Crippen LogP contribution in [0.2, 0.25) is 0 Å². The molecule has 3 aromatic rings. The minimum Gasteiger partial charge on any atom is -0.508 e. The first kappa shape index (κ1) is 32.8. The van der Waals surface area contributed by atoms with Crippen molar-refractivity contribution in [3.8, 4) is 34.1 Å². The van der Waals surface area contributed by atoms with E-state index in [1.807, 2.05) is 12.1 Å². The molecule has 2 heterocycles. The number of benzene rings is 3. The van der Waals surface area contributed by atoms with Crippen molar-refractivity contribution >= 4 is 0 Å². The highest BCUT2D eigenvalue weighted by molar-refractivity contribution is 5.82. The number of unbranched alkanes of at least 4 members (excludes halogenated alkanes) is 4. The van der Waals surface area contributed by atoms with E-state index in [1.165, 1.54) is 49.7 Å². The zero-order valence-electron chi connectivity index (χ0n) is 29.6. The highest BCUT2D eigenvalue weighted by atomic mass is 16.5. The summed E-state index contributed by atoms with van der Waals surface area (Å²) in [5, 5.41) is 21.4. The van der Waals surface area contributed by atoms with E-state index in [0.29, 0.717) is 23.3 Å². The van der Waals surface area contributed by atoms with Gasteiger partial charge in [0.25, 0.3) is 0 Å². The summed E-state index contributed by atoms with van der Waals surface area (Å²) in [4.78, 5) is 0. The summed E-state index contributed by atoms with van der Waals surface area (Å²) in [7, 11) is 0. The Balaban J connectivity index is 0.000000162. The Morgan fingerprint density at radius 1 is 0.761 bits per heavy atom. The molecule has 4 nitrogen and oxygen atoms in total. The summed E-state index contributed by atoms with van der Waals surface area (Å²) in [6.07, 6.45) is 11.7. The van der Waals surface area contributed by atoms with Crippen LogP contribution in [0.3, 0.4) is 0 Å².